The predicted molar refractivity (Wildman–Crippen MR) is 83.5 cm³/mol. The van der Waals surface area contributed by atoms with Crippen LogP contribution in [0.1, 0.15) is 12.8 Å². The van der Waals surface area contributed by atoms with E-state index in [4.69, 9.17) is 9.47 Å². The molecule has 0 radical (unpaired) electrons. The summed E-state index contributed by atoms with van der Waals surface area (Å²) in [5.74, 6) is 0.240. The van der Waals surface area contributed by atoms with Gasteiger partial charge in [-0.05, 0) is 12.5 Å². The summed E-state index contributed by atoms with van der Waals surface area (Å²) < 4.78 is 35.4. The van der Waals surface area contributed by atoms with Crippen LogP contribution in [0, 0.1) is 0 Å². The molecule has 0 bridgehead atoms. The Bertz CT molecular complexity index is 608. The zero-order chi connectivity index (χ0) is 16.7. The van der Waals surface area contributed by atoms with E-state index in [2.05, 4.69) is 15.0 Å². The molecule has 1 amide bonds. The van der Waals surface area contributed by atoms with Crippen molar-refractivity contribution < 1.29 is 22.7 Å². The Kier molecular flexibility index (Phi) is 6.31. The van der Waals surface area contributed by atoms with Gasteiger partial charge in [-0.1, -0.05) is 6.07 Å². The fourth-order valence-corrected chi connectivity index (χ4v) is 2.67. The maximum Gasteiger partial charge on any atom is 0.221 e. The van der Waals surface area contributed by atoms with Crippen molar-refractivity contribution in [2.75, 3.05) is 26.0 Å². The van der Waals surface area contributed by atoms with E-state index >= 15 is 0 Å². The van der Waals surface area contributed by atoms with Crippen molar-refractivity contribution in [3.05, 3.63) is 24.4 Å². The summed E-state index contributed by atoms with van der Waals surface area (Å²) >= 11 is 0. The first-order chi connectivity index (χ1) is 10.9. The van der Waals surface area contributed by atoms with Crippen molar-refractivity contribution in [2.45, 2.75) is 25.0 Å². The minimum Gasteiger partial charge on any atom is -0.470 e. The highest BCUT2D eigenvalue weighted by atomic mass is 32.2. The Balaban J connectivity index is 1.84. The molecule has 128 valence electrons. The van der Waals surface area contributed by atoms with E-state index in [0.717, 1.165) is 6.26 Å². The number of nitrogens with zero attached hydrogens (tertiary/aromatic N) is 1. The summed E-state index contributed by atoms with van der Waals surface area (Å²) in [6, 6.07) is 5.15. The van der Waals surface area contributed by atoms with Gasteiger partial charge in [-0.3, -0.25) is 4.79 Å². The van der Waals surface area contributed by atoms with Crippen LogP contribution >= 0.6 is 0 Å². The van der Waals surface area contributed by atoms with Gasteiger partial charge in [0.2, 0.25) is 21.8 Å². The molecule has 8 nitrogen and oxygen atoms in total. The Labute approximate surface area is 135 Å². The van der Waals surface area contributed by atoms with Gasteiger partial charge in [0.25, 0.3) is 0 Å². The summed E-state index contributed by atoms with van der Waals surface area (Å²) in [4.78, 5) is 16.0. The lowest BCUT2D eigenvalue weighted by atomic mass is 10.1. The fraction of sp³-hybridized carbons (Fsp3) is 0.571. The van der Waals surface area contributed by atoms with Crippen molar-refractivity contribution in [1.82, 2.24) is 15.0 Å². The van der Waals surface area contributed by atoms with E-state index in [1.165, 1.54) is 0 Å². The molecule has 0 unspecified atom stereocenters. The molecule has 1 aliphatic heterocycles. The normalized spacial score (nSPS) is 21.6. The molecule has 2 heterocycles. The third-order valence-corrected chi connectivity index (χ3v) is 4.01. The third kappa shape index (κ3) is 6.51. The molecule has 9 heteroatoms. The average molecular weight is 343 g/mol. The van der Waals surface area contributed by atoms with Crippen LogP contribution in [0.4, 0.5) is 0 Å². The monoisotopic (exact) mass is 343 g/mol. The molecule has 0 aromatic carbocycles. The first-order valence-electron chi connectivity index (χ1n) is 7.33. The number of rotatable bonds is 7. The van der Waals surface area contributed by atoms with Gasteiger partial charge in [-0.2, -0.15) is 0 Å². The second-order valence-electron chi connectivity index (χ2n) is 5.28. The Morgan fingerprint density at radius 1 is 1.48 bits per heavy atom. The van der Waals surface area contributed by atoms with Crippen molar-refractivity contribution >= 4 is 15.9 Å². The van der Waals surface area contributed by atoms with E-state index < -0.39 is 10.0 Å². The topological polar surface area (TPSA) is 107 Å². The number of amides is 1. The maximum atomic E-state index is 11.9. The Hall–Kier alpha value is -1.71. The smallest absolute Gasteiger partial charge is 0.221 e. The molecule has 2 rings (SSSR count). The molecule has 23 heavy (non-hydrogen) atoms. The molecule has 1 fully saturated rings. The Morgan fingerprint density at radius 3 is 3.00 bits per heavy atom. The number of sulfonamides is 1. The lowest BCUT2D eigenvalue weighted by Crippen LogP contribution is -2.51. The second kappa shape index (κ2) is 8.23. The molecular formula is C14H21N3O5S. The molecule has 1 aromatic heterocycles. The van der Waals surface area contributed by atoms with Gasteiger partial charge in [-0.25, -0.2) is 18.1 Å². The van der Waals surface area contributed by atoms with E-state index in [1.807, 2.05) is 6.07 Å². The first kappa shape index (κ1) is 17.6. The molecule has 0 aliphatic carbocycles. The fourth-order valence-electron chi connectivity index (χ4n) is 2.19. The van der Waals surface area contributed by atoms with E-state index in [-0.39, 0.29) is 31.0 Å². The van der Waals surface area contributed by atoms with Crippen molar-refractivity contribution in [2.24, 2.45) is 0 Å². The van der Waals surface area contributed by atoms with Crippen LogP contribution in [-0.2, 0) is 19.6 Å². The van der Waals surface area contributed by atoms with E-state index in [9.17, 15) is 13.2 Å². The van der Waals surface area contributed by atoms with Gasteiger partial charge < -0.3 is 14.8 Å². The minimum atomic E-state index is -3.29. The van der Waals surface area contributed by atoms with Gasteiger partial charge in [0.05, 0.1) is 18.9 Å². The number of aromatic nitrogens is 1. The van der Waals surface area contributed by atoms with E-state index in [1.54, 1.807) is 18.3 Å². The van der Waals surface area contributed by atoms with Gasteiger partial charge in [0.1, 0.15) is 6.10 Å². The molecule has 1 aromatic rings. The zero-order valence-corrected chi connectivity index (χ0v) is 13.7. The standard InChI is InChI=1S/C14H21N3O5S/c1-23(19,20)16-8-5-13(18)17-11-6-9-21-10-12(11)22-14-4-2-3-7-15-14/h2-4,7,11-12,16H,5-6,8-10H2,1H3,(H,17,18)/t11-,12-/m1/s1. The molecule has 1 saturated heterocycles. The number of carbonyl (C=O) groups is 1. The van der Waals surface area contributed by atoms with Crippen molar-refractivity contribution in [3.63, 3.8) is 0 Å². The quantitative estimate of drug-likeness (QED) is 0.702. The minimum absolute atomic E-state index is 0.0691. The largest absolute Gasteiger partial charge is 0.470 e. The molecule has 0 saturated carbocycles. The van der Waals surface area contributed by atoms with Crippen molar-refractivity contribution in [3.8, 4) is 5.88 Å². The predicted octanol–water partition coefficient (Wildman–Crippen LogP) is -0.327. The van der Waals surface area contributed by atoms with Gasteiger partial charge in [0, 0.05) is 31.8 Å². The van der Waals surface area contributed by atoms with Crippen LogP contribution in [0.5, 0.6) is 5.88 Å². The lowest BCUT2D eigenvalue weighted by molar-refractivity contribution is -0.123. The summed E-state index contributed by atoms with van der Waals surface area (Å²) in [6.07, 6.45) is 3.05. The highest BCUT2D eigenvalue weighted by molar-refractivity contribution is 7.88. The highest BCUT2D eigenvalue weighted by Gasteiger charge is 2.29. The molecule has 1 aliphatic rings. The van der Waals surface area contributed by atoms with Gasteiger partial charge >= 0.3 is 0 Å². The molecular weight excluding hydrogens is 322 g/mol. The number of ether oxygens (including phenoxy) is 2. The first-order valence-corrected chi connectivity index (χ1v) is 9.22. The number of carbonyl (C=O) groups excluding carboxylic acids is 1. The van der Waals surface area contributed by atoms with Crippen LogP contribution in [0.15, 0.2) is 24.4 Å². The second-order valence-corrected chi connectivity index (χ2v) is 7.11. The maximum absolute atomic E-state index is 11.9. The van der Waals surface area contributed by atoms with Crippen LogP contribution in [0.2, 0.25) is 0 Å². The molecule has 2 N–H and O–H groups in total. The van der Waals surface area contributed by atoms with E-state index in [0.29, 0.717) is 25.5 Å². The summed E-state index contributed by atoms with van der Waals surface area (Å²) in [5, 5.41) is 2.87. The van der Waals surface area contributed by atoms with Crippen LogP contribution in [0.25, 0.3) is 0 Å². The third-order valence-electron chi connectivity index (χ3n) is 3.28. The average Bonchev–Trinajstić information content (AvgIpc) is 2.49. The van der Waals surface area contributed by atoms with Crippen LogP contribution < -0.4 is 14.8 Å². The van der Waals surface area contributed by atoms with Crippen LogP contribution in [-0.4, -0.2) is 57.5 Å². The number of nitrogens with one attached hydrogen (secondary N) is 2. The zero-order valence-electron chi connectivity index (χ0n) is 12.9. The molecule has 2 atom stereocenters. The number of hydrogen-bond acceptors (Lipinski definition) is 6. The summed E-state index contributed by atoms with van der Waals surface area (Å²) in [5.41, 5.74) is 0. The SMILES string of the molecule is CS(=O)(=O)NCCC(=O)N[C@@H]1CCOC[C@H]1Oc1ccccn1. The summed E-state index contributed by atoms with van der Waals surface area (Å²) in [6.45, 7) is 0.970. The number of hydrogen-bond donors (Lipinski definition) is 2. The van der Waals surface area contributed by atoms with Gasteiger partial charge in [0.15, 0.2) is 0 Å². The Morgan fingerprint density at radius 2 is 2.30 bits per heavy atom. The number of pyridine rings is 1. The highest BCUT2D eigenvalue weighted by Crippen LogP contribution is 2.15. The summed E-state index contributed by atoms with van der Waals surface area (Å²) in [7, 11) is -3.29. The van der Waals surface area contributed by atoms with Crippen molar-refractivity contribution in [1.29, 1.82) is 0 Å². The lowest BCUT2D eigenvalue weighted by Gasteiger charge is -2.32. The molecule has 0 spiro atoms. The van der Waals surface area contributed by atoms with Crippen LogP contribution in [0.3, 0.4) is 0 Å². The van der Waals surface area contributed by atoms with Gasteiger partial charge in [-0.15, -0.1) is 0 Å².